The van der Waals surface area contributed by atoms with Crippen molar-refractivity contribution >= 4 is 40.1 Å². The van der Waals surface area contributed by atoms with E-state index in [1.54, 1.807) is 18.2 Å². The Balaban J connectivity index is 1.94. The van der Waals surface area contributed by atoms with E-state index in [1.807, 2.05) is 30.3 Å². The van der Waals surface area contributed by atoms with Gasteiger partial charge >= 0.3 is 0 Å². The number of hydrogen-bond donors (Lipinski definition) is 1. The van der Waals surface area contributed by atoms with Crippen LogP contribution in [0.1, 0.15) is 26.3 Å². The van der Waals surface area contributed by atoms with Crippen LogP contribution in [0.4, 0.5) is 0 Å². The summed E-state index contributed by atoms with van der Waals surface area (Å²) in [5.74, 6) is 0.0427. The predicted octanol–water partition coefficient (Wildman–Crippen LogP) is 2.84. The molecular weight excluding hydrogens is 356 g/mol. The Hall–Kier alpha value is -2.38. The molecule has 0 atom stereocenters. The molecule has 3 rings (SSSR count). The standard InChI is InChI=1S/C18H16N2O3S2/c19-16(21)13-7-4-8-14(17(22)20-9-10-25-18(20)24)15(13)23-11-12-5-2-1-3-6-12/h1-8H,9-11H2,(H2,19,21). The second-order valence-corrected chi connectivity index (χ2v) is 7.12. The van der Waals surface area contributed by atoms with Crippen molar-refractivity contribution in [3.8, 4) is 5.75 Å². The maximum Gasteiger partial charge on any atom is 0.263 e. The molecule has 5 nitrogen and oxygen atoms in total. The van der Waals surface area contributed by atoms with E-state index in [2.05, 4.69) is 0 Å². The highest BCUT2D eigenvalue weighted by molar-refractivity contribution is 8.23. The Morgan fingerprint density at radius 1 is 1.12 bits per heavy atom. The van der Waals surface area contributed by atoms with Gasteiger partial charge in [0.2, 0.25) is 0 Å². The van der Waals surface area contributed by atoms with Crippen molar-refractivity contribution in [3.05, 3.63) is 65.2 Å². The fourth-order valence-corrected chi connectivity index (χ4v) is 3.71. The molecule has 0 unspecified atom stereocenters. The Bertz CT molecular complexity index is 824. The lowest BCUT2D eigenvalue weighted by molar-refractivity contribution is 0.0856. The average molecular weight is 372 g/mol. The van der Waals surface area contributed by atoms with Crippen LogP contribution < -0.4 is 10.5 Å². The highest BCUT2D eigenvalue weighted by Crippen LogP contribution is 2.29. The molecule has 25 heavy (non-hydrogen) atoms. The van der Waals surface area contributed by atoms with E-state index in [0.29, 0.717) is 10.9 Å². The number of rotatable bonds is 5. The van der Waals surface area contributed by atoms with Crippen LogP contribution in [-0.2, 0) is 6.61 Å². The molecule has 1 aliphatic heterocycles. The first-order chi connectivity index (χ1) is 12.1. The van der Waals surface area contributed by atoms with Gasteiger partial charge in [-0.3, -0.25) is 14.5 Å². The normalized spacial score (nSPS) is 13.8. The first-order valence-electron chi connectivity index (χ1n) is 7.66. The van der Waals surface area contributed by atoms with Crippen LogP contribution in [0.15, 0.2) is 48.5 Å². The van der Waals surface area contributed by atoms with Crippen molar-refractivity contribution in [1.29, 1.82) is 0 Å². The number of thioether (sulfide) groups is 1. The van der Waals surface area contributed by atoms with E-state index in [4.69, 9.17) is 22.7 Å². The Labute approximate surface area is 155 Å². The van der Waals surface area contributed by atoms with E-state index < -0.39 is 5.91 Å². The Kier molecular flexibility index (Phi) is 5.35. The van der Waals surface area contributed by atoms with Gasteiger partial charge < -0.3 is 10.5 Å². The Morgan fingerprint density at radius 2 is 1.84 bits per heavy atom. The van der Waals surface area contributed by atoms with Gasteiger partial charge in [-0.25, -0.2) is 0 Å². The molecule has 2 aromatic carbocycles. The van der Waals surface area contributed by atoms with Crippen molar-refractivity contribution < 1.29 is 14.3 Å². The van der Waals surface area contributed by atoms with E-state index in [-0.39, 0.29) is 29.4 Å². The van der Waals surface area contributed by atoms with Crippen molar-refractivity contribution in [2.24, 2.45) is 5.73 Å². The number of amides is 2. The van der Waals surface area contributed by atoms with Crippen LogP contribution in [0, 0.1) is 0 Å². The molecule has 1 heterocycles. The second-order valence-electron chi connectivity index (χ2n) is 5.39. The summed E-state index contributed by atoms with van der Waals surface area (Å²) in [6, 6.07) is 14.3. The molecule has 1 saturated heterocycles. The fourth-order valence-electron chi connectivity index (χ4n) is 2.51. The largest absolute Gasteiger partial charge is 0.487 e. The minimum Gasteiger partial charge on any atom is -0.487 e. The maximum atomic E-state index is 12.9. The summed E-state index contributed by atoms with van der Waals surface area (Å²) in [6.07, 6.45) is 0. The van der Waals surface area contributed by atoms with Gasteiger partial charge in [0, 0.05) is 12.3 Å². The summed E-state index contributed by atoms with van der Waals surface area (Å²) in [7, 11) is 0. The number of para-hydroxylation sites is 1. The predicted molar refractivity (Wildman–Crippen MR) is 102 cm³/mol. The molecule has 0 aromatic heterocycles. The number of ether oxygens (including phenoxy) is 1. The van der Waals surface area contributed by atoms with Crippen LogP contribution >= 0.6 is 24.0 Å². The number of primary amides is 1. The first-order valence-corrected chi connectivity index (χ1v) is 9.05. The molecule has 0 spiro atoms. The Morgan fingerprint density at radius 3 is 2.48 bits per heavy atom. The van der Waals surface area contributed by atoms with Crippen LogP contribution in [0.2, 0.25) is 0 Å². The van der Waals surface area contributed by atoms with Crippen molar-refractivity contribution in [3.63, 3.8) is 0 Å². The molecule has 2 aromatic rings. The number of nitrogens with two attached hydrogens (primary N) is 1. The molecule has 1 aliphatic rings. The third kappa shape index (κ3) is 3.83. The molecule has 0 bridgehead atoms. The number of carbonyl (C=O) groups is 2. The fraction of sp³-hybridized carbons (Fsp3) is 0.167. The highest BCUT2D eigenvalue weighted by atomic mass is 32.2. The van der Waals surface area contributed by atoms with Gasteiger partial charge in [0.15, 0.2) is 0 Å². The van der Waals surface area contributed by atoms with Gasteiger partial charge in [-0.05, 0) is 17.7 Å². The van der Waals surface area contributed by atoms with E-state index >= 15 is 0 Å². The van der Waals surface area contributed by atoms with Crippen LogP contribution in [0.25, 0.3) is 0 Å². The summed E-state index contributed by atoms with van der Waals surface area (Å²) in [5, 5.41) is 0. The molecule has 2 amide bonds. The molecular formula is C18H16N2O3S2. The maximum absolute atomic E-state index is 12.9. The van der Waals surface area contributed by atoms with Crippen molar-refractivity contribution in [2.75, 3.05) is 12.3 Å². The summed E-state index contributed by atoms with van der Waals surface area (Å²) in [6.45, 7) is 0.770. The summed E-state index contributed by atoms with van der Waals surface area (Å²) < 4.78 is 6.36. The number of hydrogen-bond acceptors (Lipinski definition) is 5. The zero-order valence-electron chi connectivity index (χ0n) is 13.3. The van der Waals surface area contributed by atoms with E-state index in [0.717, 1.165) is 11.3 Å². The summed E-state index contributed by atoms with van der Waals surface area (Å²) >= 11 is 6.68. The molecule has 128 valence electrons. The average Bonchev–Trinajstić information content (AvgIpc) is 3.05. The number of carbonyl (C=O) groups excluding carboxylic acids is 2. The molecule has 2 N–H and O–H groups in total. The van der Waals surface area contributed by atoms with Gasteiger partial charge in [0.1, 0.15) is 16.7 Å². The lowest BCUT2D eigenvalue weighted by Gasteiger charge is -2.19. The lowest BCUT2D eigenvalue weighted by atomic mass is 10.1. The monoisotopic (exact) mass is 372 g/mol. The minimum atomic E-state index is -0.643. The third-order valence-electron chi connectivity index (χ3n) is 3.74. The first kappa shape index (κ1) is 17.4. The zero-order chi connectivity index (χ0) is 17.8. The minimum absolute atomic E-state index is 0.180. The quantitative estimate of drug-likeness (QED) is 0.817. The van der Waals surface area contributed by atoms with Gasteiger partial charge in [0.05, 0.1) is 11.1 Å². The van der Waals surface area contributed by atoms with Gasteiger partial charge in [-0.2, -0.15) is 0 Å². The topological polar surface area (TPSA) is 72.6 Å². The number of thiocarbonyl (C=S) groups is 1. The summed E-state index contributed by atoms with van der Waals surface area (Å²) in [4.78, 5) is 26.2. The van der Waals surface area contributed by atoms with Gasteiger partial charge in [-0.15, -0.1) is 0 Å². The van der Waals surface area contributed by atoms with Crippen LogP contribution in [-0.4, -0.2) is 33.3 Å². The SMILES string of the molecule is NC(=O)c1cccc(C(=O)N2CCSC2=S)c1OCc1ccccc1. The van der Waals surface area contributed by atoms with Gasteiger partial charge in [-0.1, -0.05) is 60.4 Å². The molecule has 7 heteroatoms. The smallest absolute Gasteiger partial charge is 0.263 e. The van der Waals surface area contributed by atoms with Crippen LogP contribution in [0.5, 0.6) is 5.75 Å². The third-order valence-corrected chi connectivity index (χ3v) is 5.17. The number of nitrogens with zero attached hydrogens (tertiary/aromatic N) is 1. The van der Waals surface area contributed by atoms with Crippen molar-refractivity contribution in [1.82, 2.24) is 4.90 Å². The highest BCUT2D eigenvalue weighted by Gasteiger charge is 2.29. The summed E-state index contributed by atoms with van der Waals surface area (Å²) in [5.41, 5.74) is 6.85. The molecule has 0 aliphatic carbocycles. The molecule has 1 fully saturated rings. The van der Waals surface area contributed by atoms with E-state index in [9.17, 15) is 9.59 Å². The van der Waals surface area contributed by atoms with E-state index in [1.165, 1.54) is 16.7 Å². The zero-order valence-corrected chi connectivity index (χ0v) is 14.9. The lowest BCUT2D eigenvalue weighted by Crippen LogP contribution is -2.31. The second kappa shape index (κ2) is 7.67. The molecule has 0 saturated carbocycles. The van der Waals surface area contributed by atoms with Gasteiger partial charge in [0.25, 0.3) is 11.8 Å². The van der Waals surface area contributed by atoms with Crippen LogP contribution in [0.3, 0.4) is 0 Å². The molecule has 0 radical (unpaired) electrons. The number of benzene rings is 2. The van der Waals surface area contributed by atoms with Crippen molar-refractivity contribution in [2.45, 2.75) is 6.61 Å².